The van der Waals surface area contributed by atoms with Gasteiger partial charge in [-0.05, 0) is 38.0 Å². The third-order valence-corrected chi connectivity index (χ3v) is 3.85. The van der Waals surface area contributed by atoms with Gasteiger partial charge in [-0.3, -0.25) is 4.68 Å². The molecule has 0 saturated carbocycles. The predicted molar refractivity (Wildman–Crippen MR) is 83.7 cm³/mol. The van der Waals surface area contributed by atoms with Gasteiger partial charge in [0.05, 0.1) is 22.5 Å². The van der Waals surface area contributed by atoms with Crippen molar-refractivity contribution in [2.75, 3.05) is 0 Å². The van der Waals surface area contributed by atoms with Crippen LogP contribution in [0.3, 0.4) is 0 Å². The summed E-state index contributed by atoms with van der Waals surface area (Å²) in [6.45, 7) is 6.91. The first kappa shape index (κ1) is 15.9. The molecule has 1 atom stereocenters. The number of halogens is 1. The Bertz CT molecular complexity index is 608. The Balaban J connectivity index is 2.16. The van der Waals surface area contributed by atoms with Gasteiger partial charge >= 0.3 is 0 Å². The summed E-state index contributed by atoms with van der Waals surface area (Å²) in [6.07, 6.45) is 0.293. The highest BCUT2D eigenvalue weighted by Crippen LogP contribution is 2.24. The summed E-state index contributed by atoms with van der Waals surface area (Å²) in [7, 11) is 0. The minimum absolute atomic E-state index is 0.364. The molecule has 4 nitrogen and oxygen atoms in total. The third-order valence-electron chi connectivity index (χ3n) is 3.41. The lowest BCUT2D eigenvalue weighted by Crippen LogP contribution is -2.06. The van der Waals surface area contributed by atoms with Crippen molar-refractivity contribution in [1.82, 2.24) is 9.78 Å². The smallest absolute Gasteiger partial charge is 0.131 e. The highest BCUT2D eigenvalue weighted by Gasteiger charge is 2.15. The van der Waals surface area contributed by atoms with E-state index in [1.807, 2.05) is 42.8 Å². The van der Waals surface area contributed by atoms with Gasteiger partial charge in [-0.2, -0.15) is 5.10 Å². The predicted octanol–water partition coefficient (Wildman–Crippen LogP) is 3.75. The number of hydrogen-bond acceptors (Lipinski definition) is 3. The van der Waals surface area contributed by atoms with Gasteiger partial charge in [0.25, 0.3) is 0 Å². The van der Waals surface area contributed by atoms with Gasteiger partial charge in [0.15, 0.2) is 0 Å². The number of hydrogen-bond donors (Lipinski definition) is 1. The van der Waals surface area contributed by atoms with E-state index in [-0.39, 0.29) is 0 Å². The van der Waals surface area contributed by atoms with E-state index in [0.29, 0.717) is 17.4 Å². The SMILES string of the molecule is CCc1nn(CC)c(COc2cccc([C@H](C)O)c2)c1Cl. The number of aryl methyl sites for hydroxylation is 2. The number of aromatic nitrogens is 2. The molecule has 0 fully saturated rings. The normalized spacial score (nSPS) is 12.4. The van der Waals surface area contributed by atoms with E-state index >= 15 is 0 Å². The molecular weight excluding hydrogens is 288 g/mol. The first-order valence-corrected chi connectivity index (χ1v) is 7.59. The maximum Gasteiger partial charge on any atom is 0.131 e. The van der Waals surface area contributed by atoms with E-state index < -0.39 is 6.10 Å². The van der Waals surface area contributed by atoms with Crippen LogP contribution in [0.1, 0.15) is 43.8 Å². The van der Waals surface area contributed by atoms with Crippen LogP contribution in [0.15, 0.2) is 24.3 Å². The number of benzene rings is 1. The molecule has 1 aromatic carbocycles. The Morgan fingerprint density at radius 1 is 1.38 bits per heavy atom. The molecule has 0 aliphatic heterocycles. The Kier molecular flexibility index (Phi) is 5.26. The van der Waals surface area contributed by atoms with Crippen molar-refractivity contribution in [3.05, 3.63) is 46.2 Å². The second kappa shape index (κ2) is 6.96. The lowest BCUT2D eigenvalue weighted by Gasteiger charge is -2.10. The Morgan fingerprint density at radius 3 is 2.76 bits per heavy atom. The van der Waals surface area contributed by atoms with Gasteiger partial charge in [0, 0.05) is 6.54 Å². The molecule has 1 aromatic heterocycles. The summed E-state index contributed by atoms with van der Waals surface area (Å²) in [5.41, 5.74) is 2.62. The number of aliphatic hydroxyl groups excluding tert-OH is 1. The van der Waals surface area contributed by atoms with Crippen LogP contribution in [0, 0.1) is 0 Å². The minimum Gasteiger partial charge on any atom is -0.487 e. The summed E-state index contributed by atoms with van der Waals surface area (Å²) >= 11 is 6.35. The fraction of sp³-hybridized carbons (Fsp3) is 0.438. The molecule has 2 aromatic rings. The number of rotatable bonds is 6. The van der Waals surface area contributed by atoms with E-state index in [9.17, 15) is 5.11 Å². The van der Waals surface area contributed by atoms with Gasteiger partial charge in [-0.25, -0.2) is 0 Å². The second-order valence-electron chi connectivity index (χ2n) is 4.91. The lowest BCUT2D eigenvalue weighted by molar-refractivity contribution is 0.198. The molecule has 0 spiro atoms. The van der Waals surface area contributed by atoms with Crippen LogP contribution in [0.5, 0.6) is 5.75 Å². The summed E-state index contributed by atoms with van der Waals surface area (Å²) in [4.78, 5) is 0. The fourth-order valence-electron chi connectivity index (χ4n) is 2.17. The highest BCUT2D eigenvalue weighted by molar-refractivity contribution is 6.31. The average molecular weight is 309 g/mol. The Morgan fingerprint density at radius 2 is 2.14 bits per heavy atom. The standard InChI is InChI=1S/C16H21ClN2O2/c1-4-14-16(17)15(19(5-2)18-14)10-21-13-8-6-7-12(9-13)11(3)20/h6-9,11,20H,4-5,10H2,1-3H3/t11-/m0/s1. The second-order valence-corrected chi connectivity index (χ2v) is 5.29. The van der Waals surface area contributed by atoms with Crippen LogP contribution in [-0.2, 0) is 19.6 Å². The van der Waals surface area contributed by atoms with Crippen LogP contribution < -0.4 is 4.74 Å². The Labute approximate surface area is 130 Å². The zero-order valence-corrected chi connectivity index (χ0v) is 13.4. The first-order valence-electron chi connectivity index (χ1n) is 7.21. The van der Waals surface area contributed by atoms with E-state index in [4.69, 9.17) is 16.3 Å². The molecule has 0 aliphatic rings. The molecule has 1 N–H and O–H groups in total. The average Bonchev–Trinajstić information content (AvgIpc) is 2.81. The first-order chi connectivity index (χ1) is 10.1. The zero-order valence-electron chi connectivity index (χ0n) is 12.6. The monoisotopic (exact) mass is 308 g/mol. The summed E-state index contributed by atoms with van der Waals surface area (Å²) in [5.74, 6) is 0.714. The molecule has 1 heterocycles. The molecule has 114 valence electrons. The maximum atomic E-state index is 9.60. The van der Waals surface area contributed by atoms with Crippen molar-refractivity contribution >= 4 is 11.6 Å². The molecule has 21 heavy (non-hydrogen) atoms. The van der Waals surface area contributed by atoms with Crippen LogP contribution >= 0.6 is 11.6 Å². The fourth-order valence-corrected chi connectivity index (χ4v) is 2.49. The minimum atomic E-state index is -0.509. The van der Waals surface area contributed by atoms with Gasteiger partial charge < -0.3 is 9.84 Å². The zero-order chi connectivity index (χ0) is 15.4. The maximum absolute atomic E-state index is 9.60. The van der Waals surface area contributed by atoms with Crippen molar-refractivity contribution in [2.24, 2.45) is 0 Å². The van der Waals surface area contributed by atoms with Crippen molar-refractivity contribution in [3.63, 3.8) is 0 Å². The molecule has 5 heteroatoms. The summed E-state index contributed by atoms with van der Waals surface area (Å²) < 4.78 is 7.68. The van der Waals surface area contributed by atoms with Gasteiger partial charge in [0.1, 0.15) is 12.4 Å². The van der Waals surface area contributed by atoms with Crippen LogP contribution in [0.25, 0.3) is 0 Å². The Hall–Kier alpha value is -1.52. The van der Waals surface area contributed by atoms with E-state index in [1.54, 1.807) is 6.92 Å². The lowest BCUT2D eigenvalue weighted by atomic mass is 10.1. The van der Waals surface area contributed by atoms with Crippen molar-refractivity contribution in [1.29, 1.82) is 0 Å². The molecule has 0 saturated heterocycles. The van der Waals surface area contributed by atoms with E-state index in [0.717, 1.165) is 29.9 Å². The third kappa shape index (κ3) is 3.57. The van der Waals surface area contributed by atoms with Crippen molar-refractivity contribution in [2.45, 2.75) is 46.4 Å². The van der Waals surface area contributed by atoms with Crippen molar-refractivity contribution in [3.8, 4) is 5.75 Å². The van der Waals surface area contributed by atoms with Gasteiger partial charge in [0.2, 0.25) is 0 Å². The largest absolute Gasteiger partial charge is 0.487 e. The van der Waals surface area contributed by atoms with Crippen LogP contribution in [0.2, 0.25) is 5.02 Å². The highest BCUT2D eigenvalue weighted by atomic mass is 35.5. The van der Waals surface area contributed by atoms with Crippen molar-refractivity contribution < 1.29 is 9.84 Å². The quantitative estimate of drug-likeness (QED) is 0.884. The molecule has 0 radical (unpaired) electrons. The number of ether oxygens (including phenoxy) is 1. The molecule has 2 rings (SSSR count). The number of aliphatic hydroxyl groups is 1. The molecule has 0 bridgehead atoms. The van der Waals surface area contributed by atoms with Crippen LogP contribution in [0.4, 0.5) is 0 Å². The molecular formula is C16H21ClN2O2. The topological polar surface area (TPSA) is 47.3 Å². The van der Waals surface area contributed by atoms with E-state index in [2.05, 4.69) is 5.10 Å². The van der Waals surface area contributed by atoms with E-state index in [1.165, 1.54) is 0 Å². The molecule has 0 unspecified atom stereocenters. The van der Waals surface area contributed by atoms with Crippen LogP contribution in [-0.4, -0.2) is 14.9 Å². The number of nitrogens with zero attached hydrogens (tertiary/aromatic N) is 2. The summed E-state index contributed by atoms with van der Waals surface area (Å²) in [6, 6.07) is 7.45. The molecule has 0 aliphatic carbocycles. The summed E-state index contributed by atoms with van der Waals surface area (Å²) in [5, 5.41) is 14.8. The van der Waals surface area contributed by atoms with Gasteiger partial charge in [-0.15, -0.1) is 0 Å². The molecule has 0 amide bonds. The van der Waals surface area contributed by atoms with Gasteiger partial charge in [-0.1, -0.05) is 30.7 Å².